The first-order chi connectivity index (χ1) is 22.7. The van der Waals surface area contributed by atoms with Crippen LogP contribution in [-0.2, 0) is 33.3 Å². The fourth-order valence-corrected chi connectivity index (χ4v) is 9.07. The normalized spacial score (nSPS) is 13.4. The van der Waals surface area contributed by atoms with Crippen LogP contribution in [0, 0.1) is 0 Å². The molecule has 0 spiro atoms. The van der Waals surface area contributed by atoms with E-state index in [0.29, 0.717) is 19.6 Å². The molecule has 12 nitrogen and oxygen atoms in total. The van der Waals surface area contributed by atoms with E-state index in [4.69, 9.17) is 0 Å². The lowest BCUT2D eigenvalue weighted by molar-refractivity contribution is 0.368. The van der Waals surface area contributed by atoms with Crippen molar-refractivity contribution in [3.63, 3.8) is 0 Å². The second-order valence-electron chi connectivity index (χ2n) is 12.4. The van der Waals surface area contributed by atoms with Gasteiger partial charge < -0.3 is 43.1 Å². The average Bonchev–Trinajstić information content (AvgIpc) is 3.62. The van der Waals surface area contributed by atoms with E-state index in [1.54, 1.807) is 0 Å². The molecule has 252 valence electrons. The summed E-state index contributed by atoms with van der Waals surface area (Å²) in [4.78, 5) is 58.3. The molecule has 0 radical (unpaired) electrons. The zero-order valence-electron chi connectivity index (χ0n) is 25.9. The second kappa shape index (κ2) is 12.3. The summed E-state index contributed by atoms with van der Waals surface area (Å²) in [6.07, 6.45) is -0.158. The van der Waals surface area contributed by atoms with Crippen LogP contribution >= 0.6 is 22.8 Å². The number of aromatic nitrogens is 3. The van der Waals surface area contributed by atoms with Crippen LogP contribution in [0.1, 0.15) is 19.3 Å². The maximum Gasteiger partial charge on any atom is 0.325 e. The zero-order valence-corrected chi connectivity index (χ0v) is 28.6. The summed E-state index contributed by atoms with van der Waals surface area (Å²) in [6.45, 7) is 0.976. The van der Waals surface area contributed by atoms with Gasteiger partial charge in [-0.3, -0.25) is 13.7 Å². The van der Waals surface area contributed by atoms with E-state index in [9.17, 15) is 43.1 Å². The smallest absolute Gasteiger partial charge is 0.325 e. The van der Waals surface area contributed by atoms with Crippen LogP contribution in [0.5, 0.6) is 0 Å². The molecule has 7 aromatic rings. The molecule has 4 aromatic carbocycles. The summed E-state index contributed by atoms with van der Waals surface area (Å²) in [7, 11) is -12.8. The number of rotatable bonds is 12. The number of para-hydroxylation sites is 3. The van der Waals surface area contributed by atoms with E-state index in [1.165, 1.54) is 0 Å². The standard InChI is InChI=1S/C33H36N3O9P3/c37-46(38,39)19-7-16-34-25-13-4-1-10-22(25)28-31(34)29-24-12-3-6-15-27(24)36(18-9-21-48(43,44)45)33(29)30-23-11-2-5-14-26(23)35(32(28)30)17-8-20-47(40,41)42/h1-6,10-15H,7-9,16-21H2,(H2,37,38,39)(H2,40,41,42)(H2,43,44,45). The first-order valence-electron chi connectivity index (χ1n) is 15.7. The Balaban J connectivity index is 1.67. The highest BCUT2D eigenvalue weighted by Gasteiger charge is 2.28. The van der Waals surface area contributed by atoms with E-state index in [0.717, 1.165) is 65.4 Å². The van der Waals surface area contributed by atoms with Crippen molar-refractivity contribution in [1.29, 1.82) is 0 Å². The molecule has 0 saturated carbocycles. The Kier molecular flexibility index (Phi) is 8.48. The molecule has 3 heterocycles. The minimum atomic E-state index is -4.26. The quantitative estimate of drug-likeness (QED) is 0.0749. The monoisotopic (exact) mass is 711 g/mol. The van der Waals surface area contributed by atoms with Crippen LogP contribution in [0.4, 0.5) is 0 Å². The van der Waals surface area contributed by atoms with E-state index >= 15 is 0 Å². The Morgan fingerprint density at radius 1 is 0.417 bits per heavy atom. The van der Waals surface area contributed by atoms with E-state index in [-0.39, 0.29) is 37.7 Å². The molecule has 0 fully saturated rings. The second-order valence-corrected chi connectivity index (χ2v) is 17.7. The molecule has 0 aliphatic carbocycles. The predicted octanol–water partition coefficient (Wildman–Crippen LogP) is 6.71. The van der Waals surface area contributed by atoms with Crippen LogP contribution in [0.15, 0.2) is 72.8 Å². The highest BCUT2D eigenvalue weighted by molar-refractivity contribution is 7.52. The maximum atomic E-state index is 11.9. The van der Waals surface area contributed by atoms with Crippen molar-refractivity contribution in [2.45, 2.75) is 38.9 Å². The van der Waals surface area contributed by atoms with Crippen molar-refractivity contribution in [3.8, 4) is 0 Å². The highest BCUT2D eigenvalue weighted by atomic mass is 31.2. The Morgan fingerprint density at radius 2 is 0.667 bits per heavy atom. The molecule has 0 atom stereocenters. The van der Waals surface area contributed by atoms with Crippen molar-refractivity contribution in [3.05, 3.63) is 72.8 Å². The summed E-state index contributed by atoms with van der Waals surface area (Å²) in [5, 5.41) is 5.59. The van der Waals surface area contributed by atoms with Crippen LogP contribution in [-0.4, -0.2) is 61.5 Å². The van der Waals surface area contributed by atoms with E-state index in [1.807, 2.05) is 72.8 Å². The van der Waals surface area contributed by atoms with Gasteiger partial charge in [0.2, 0.25) is 0 Å². The number of benzene rings is 4. The molecule has 0 bridgehead atoms. The summed E-state index contributed by atoms with van der Waals surface area (Å²) >= 11 is 0. The molecule has 0 unspecified atom stereocenters. The number of hydrogen-bond donors (Lipinski definition) is 6. The maximum absolute atomic E-state index is 11.9. The average molecular weight is 712 g/mol. The number of hydrogen-bond acceptors (Lipinski definition) is 3. The lowest BCUT2D eigenvalue weighted by Crippen LogP contribution is -2.04. The molecule has 15 heteroatoms. The third kappa shape index (κ3) is 6.07. The van der Waals surface area contributed by atoms with Crippen LogP contribution < -0.4 is 0 Å². The number of fused-ring (bicyclic) bond motifs is 12. The topological polar surface area (TPSA) is 187 Å². The van der Waals surface area contributed by atoms with Gasteiger partial charge in [0.05, 0.1) is 35.0 Å². The van der Waals surface area contributed by atoms with Crippen molar-refractivity contribution < 1.29 is 43.1 Å². The lowest BCUT2D eigenvalue weighted by Gasteiger charge is -2.14. The van der Waals surface area contributed by atoms with E-state index in [2.05, 4.69) is 13.7 Å². The van der Waals surface area contributed by atoms with Gasteiger partial charge >= 0.3 is 22.8 Å². The summed E-state index contributed by atoms with van der Waals surface area (Å²) in [6, 6.07) is 23.7. The van der Waals surface area contributed by atoms with Crippen molar-refractivity contribution in [2.75, 3.05) is 18.5 Å². The van der Waals surface area contributed by atoms with Gasteiger partial charge in [-0.1, -0.05) is 54.6 Å². The molecule has 3 aromatic heterocycles. The minimum Gasteiger partial charge on any atom is -0.340 e. The van der Waals surface area contributed by atoms with Crippen molar-refractivity contribution in [2.24, 2.45) is 0 Å². The van der Waals surface area contributed by atoms with Gasteiger partial charge in [-0.25, -0.2) is 0 Å². The number of nitrogens with zero attached hydrogens (tertiary/aromatic N) is 3. The Bertz CT molecular complexity index is 2210. The van der Waals surface area contributed by atoms with Gasteiger partial charge in [0.15, 0.2) is 0 Å². The minimum absolute atomic E-state index is 0.226. The fraction of sp³-hybridized carbons (Fsp3) is 0.273. The molecule has 0 aliphatic rings. The Morgan fingerprint density at radius 3 is 0.917 bits per heavy atom. The molecular weight excluding hydrogens is 675 g/mol. The van der Waals surface area contributed by atoms with Crippen LogP contribution in [0.25, 0.3) is 65.4 Å². The van der Waals surface area contributed by atoms with Gasteiger partial charge in [-0.05, 0) is 37.5 Å². The third-order valence-corrected chi connectivity index (χ3v) is 11.8. The first kappa shape index (κ1) is 33.2. The first-order valence-corrected chi connectivity index (χ1v) is 21.1. The van der Waals surface area contributed by atoms with Gasteiger partial charge in [-0.15, -0.1) is 0 Å². The van der Waals surface area contributed by atoms with Crippen molar-refractivity contribution >= 4 is 88.2 Å². The zero-order chi connectivity index (χ0) is 34.0. The van der Waals surface area contributed by atoms with Gasteiger partial charge in [-0.2, -0.15) is 0 Å². The van der Waals surface area contributed by atoms with Gasteiger partial charge in [0.25, 0.3) is 0 Å². The molecule has 0 aliphatic heterocycles. The van der Waals surface area contributed by atoms with Gasteiger partial charge in [0.1, 0.15) is 0 Å². The largest absolute Gasteiger partial charge is 0.340 e. The predicted molar refractivity (Wildman–Crippen MR) is 190 cm³/mol. The molecule has 6 N–H and O–H groups in total. The third-order valence-electron chi connectivity index (χ3n) is 9.12. The van der Waals surface area contributed by atoms with E-state index < -0.39 is 22.8 Å². The van der Waals surface area contributed by atoms with Crippen LogP contribution in [0.2, 0.25) is 0 Å². The Hall–Kier alpha value is -3.27. The van der Waals surface area contributed by atoms with Crippen molar-refractivity contribution in [1.82, 2.24) is 13.7 Å². The molecule has 0 saturated heterocycles. The summed E-state index contributed by atoms with van der Waals surface area (Å²) in [5.74, 6) is 0. The van der Waals surface area contributed by atoms with Gasteiger partial charge in [0, 0.05) is 68.5 Å². The molecular formula is C33H36N3O9P3. The summed E-state index contributed by atoms with van der Waals surface area (Å²) in [5.41, 5.74) is 5.27. The molecule has 7 rings (SSSR count). The lowest BCUT2D eigenvalue weighted by atomic mass is 10.0. The SMILES string of the molecule is O=P(O)(O)CCCn1c2ccccc2c2c1c1c3ccccc3n(CCCP(=O)(O)O)c1c1c3ccccc3n(CCCP(=O)(O)O)c21. The highest BCUT2D eigenvalue weighted by Crippen LogP contribution is 2.49. The van der Waals surface area contributed by atoms with Crippen LogP contribution in [0.3, 0.4) is 0 Å². The molecule has 48 heavy (non-hydrogen) atoms. The fourth-order valence-electron chi connectivity index (χ4n) is 7.41. The molecule has 0 amide bonds. The Labute approximate surface area is 274 Å². The number of aryl methyl sites for hydroxylation is 3. The summed E-state index contributed by atoms with van der Waals surface area (Å²) < 4.78 is 42.1.